The molecule has 3 heteroatoms. The van der Waals surface area contributed by atoms with E-state index in [-0.39, 0.29) is 0 Å². The topological polar surface area (TPSA) is 40.2 Å². The molecule has 1 atom stereocenters. The summed E-state index contributed by atoms with van der Waals surface area (Å²) in [5.74, 6) is 0.918. The van der Waals surface area contributed by atoms with Crippen molar-refractivity contribution in [3.63, 3.8) is 0 Å². The van der Waals surface area contributed by atoms with Gasteiger partial charge in [-0.25, -0.2) is 0 Å². The van der Waals surface area contributed by atoms with Crippen molar-refractivity contribution in [1.29, 1.82) is 0 Å². The van der Waals surface area contributed by atoms with Gasteiger partial charge in [0.1, 0.15) is 5.75 Å². The van der Waals surface area contributed by atoms with E-state index in [2.05, 4.69) is 22.8 Å². The Morgan fingerprint density at radius 1 is 1.44 bits per heavy atom. The maximum Gasteiger partial charge on any atom is 0.119 e. The Hall–Kier alpha value is -1.48. The molecular formula is C13H16N2O. The summed E-state index contributed by atoms with van der Waals surface area (Å²) in [5.41, 5.74) is 8.49. The minimum atomic E-state index is 0.473. The molecule has 2 N–H and O–H groups in total. The lowest BCUT2D eigenvalue weighted by Gasteiger charge is -2.12. The number of fused-ring (bicyclic) bond motifs is 3. The number of benzene rings is 1. The first-order valence-electron chi connectivity index (χ1n) is 5.71. The van der Waals surface area contributed by atoms with Crippen LogP contribution in [0.1, 0.15) is 18.2 Å². The Kier molecular flexibility index (Phi) is 2.14. The lowest BCUT2D eigenvalue weighted by Crippen LogP contribution is -2.15. The van der Waals surface area contributed by atoms with E-state index in [0.29, 0.717) is 6.04 Å². The fourth-order valence-corrected chi connectivity index (χ4v) is 2.69. The summed E-state index contributed by atoms with van der Waals surface area (Å²) in [6.07, 6.45) is 2.31. The molecule has 3 nitrogen and oxygen atoms in total. The average Bonchev–Trinajstić information content (AvgIpc) is 2.85. The molecule has 0 saturated heterocycles. The van der Waals surface area contributed by atoms with Crippen LogP contribution in [0, 0.1) is 0 Å². The fourth-order valence-electron chi connectivity index (χ4n) is 2.69. The summed E-state index contributed by atoms with van der Waals surface area (Å²) in [4.78, 5) is 0. The molecule has 1 unspecified atom stereocenters. The van der Waals surface area contributed by atoms with Crippen LogP contribution in [-0.4, -0.2) is 18.2 Å². The lowest BCUT2D eigenvalue weighted by atomic mass is 10.1. The SMILES string of the molecule is COc1ccc2c(c1)cc1n2C(CN)CC1. The standard InChI is InChI=1S/C13H16N2O/c1-16-12-4-5-13-9(7-12)6-10-2-3-11(8-14)15(10)13/h4-7,11H,2-3,8,14H2,1H3. The van der Waals surface area contributed by atoms with Crippen LogP contribution in [0.3, 0.4) is 0 Å². The molecule has 0 fully saturated rings. The second kappa shape index (κ2) is 3.52. The smallest absolute Gasteiger partial charge is 0.119 e. The monoisotopic (exact) mass is 216 g/mol. The third kappa shape index (κ3) is 1.25. The minimum Gasteiger partial charge on any atom is -0.497 e. The molecular weight excluding hydrogens is 200 g/mol. The molecule has 3 rings (SSSR count). The molecule has 0 aliphatic carbocycles. The van der Waals surface area contributed by atoms with Crippen LogP contribution in [0.2, 0.25) is 0 Å². The molecule has 16 heavy (non-hydrogen) atoms. The number of rotatable bonds is 2. The Morgan fingerprint density at radius 3 is 3.06 bits per heavy atom. The zero-order valence-electron chi connectivity index (χ0n) is 9.44. The largest absolute Gasteiger partial charge is 0.497 e. The number of methoxy groups -OCH3 is 1. The van der Waals surface area contributed by atoms with Crippen molar-refractivity contribution in [3.8, 4) is 5.75 Å². The number of hydrogen-bond donors (Lipinski definition) is 1. The predicted octanol–water partition coefficient (Wildman–Crippen LogP) is 2.10. The summed E-state index contributed by atoms with van der Waals surface area (Å²) in [5, 5.41) is 1.26. The van der Waals surface area contributed by atoms with E-state index in [0.717, 1.165) is 18.7 Å². The Morgan fingerprint density at radius 2 is 2.31 bits per heavy atom. The van der Waals surface area contributed by atoms with Gasteiger partial charge in [0.25, 0.3) is 0 Å². The Bertz CT molecular complexity index is 530. The second-order valence-corrected chi connectivity index (χ2v) is 4.36. The molecule has 0 amide bonds. The Balaban J connectivity index is 2.20. The van der Waals surface area contributed by atoms with E-state index < -0.39 is 0 Å². The first-order chi connectivity index (χ1) is 7.83. The van der Waals surface area contributed by atoms with Crippen molar-refractivity contribution in [2.75, 3.05) is 13.7 Å². The van der Waals surface area contributed by atoms with Crippen molar-refractivity contribution in [1.82, 2.24) is 4.57 Å². The van der Waals surface area contributed by atoms with Crippen LogP contribution in [0.5, 0.6) is 5.75 Å². The number of aryl methyl sites for hydroxylation is 1. The molecule has 1 aromatic heterocycles. The zero-order chi connectivity index (χ0) is 11.1. The van der Waals surface area contributed by atoms with Gasteiger partial charge in [-0.3, -0.25) is 0 Å². The van der Waals surface area contributed by atoms with Crippen LogP contribution >= 0.6 is 0 Å². The Labute approximate surface area is 94.8 Å². The van der Waals surface area contributed by atoms with Crippen molar-refractivity contribution >= 4 is 10.9 Å². The molecule has 2 aromatic rings. The lowest BCUT2D eigenvalue weighted by molar-refractivity contribution is 0.415. The van der Waals surface area contributed by atoms with Crippen molar-refractivity contribution in [2.24, 2.45) is 5.73 Å². The number of nitrogens with two attached hydrogens (primary N) is 1. The van der Waals surface area contributed by atoms with E-state index in [4.69, 9.17) is 10.5 Å². The van der Waals surface area contributed by atoms with Gasteiger partial charge in [-0.05, 0) is 37.1 Å². The first-order valence-corrected chi connectivity index (χ1v) is 5.71. The summed E-state index contributed by atoms with van der Waals surface area (Å²) >= 11 is 0. The van der Waals surface area contributed by atoms with E-state index in [9.17, 15) is 0 Å². The average molecular weight is 216 g/mol. The third-order valence-corrected chi connectivity index (χ3v) is 3.50. The highest BCUT2D eigenvalue weighted by molar-refractivity contribution is 5.83. The summed E-state index contributed by atoms with van der Waals surface area (Å²) in [6.45, 7) is 0.725. The minimum absolute atomic E-state index is 0.473. The van der Waals surface area contributed by atoms with Gasteiger partial charge in [0.2, 0.25) is 0 Å². The number of aromatic nitrogens is 1. The van der Waals surface area contributed by atoms with Crippen LogP contribution < -0.4 is 10.5 Å². The molecule has 1 aliphatic rings. The van der Waals surface area contributed by atoms with Gasteiger partial charge in [0.05, 0.1) is 7.11 Å². The van der Waals surface area contributed by atoms with Crippen molar-refractivity contribution in [3.05, 3.63) is 30.0 Å². The van der Waals surface area contributed by atoms with Gasteiger partial charge >= 0.3 is 0 Å². The number of ether oxygens (including phenoxy) is 1. The summed E-state index contributed by atoms with van der Waals surface area (Å²) < 4.78 is 7.63. The van der Waals surface area contributed by atoms with Gasteiger partial charge in [0.15, 0.2) is 0 Å². The second-order valence-electron chi connectivity index (χ2n) is 4.36. The van der Waals surface area contributed by atoms with E-state index in [1.807, 2.05) is 6.07 Å². The molecule has 2 heterocycles. The molecule has 84 valence electrons. The molecule has 0 bridgehead atoms. The van der Waals surface area contributed by atoms with Gasteiger partial charge in [-0.2, -0.15) is 0 Å². The first kappa shape index (κ1) is 9.73. The quantitative estimate of drug-likeness (QED) is 0.835. The van der Waals surface area contributed by atoms with Gasteiger partial charge < -0.3 is 15.0 Å². The molecule has 0 spiro atoms. The van der Waals surface area contributed by atoms with Crippen LogP contribution in [0.15, 0.2) is 24.3 Å². The zero-order valence-corrected chi connectivity index (χ0v) is 9.44. The van der Waals surface area contributed by atoms with Gasteiger partial charge in [-0.15, -0.1) is 0 Å². The van der Waals surface area contributed by atoms with Gasteiger partial charge in [0, 0.05) is 29.2 Å². The van der Waals surface area contributed by atoms with E-state index in [1.54, 1.807) is 7.11 Å². The highest BCUT2D eigenvalue weighted by Gasteiger charge is 2.22. The normalized spacial score (nSPS) is 19.0. The summed E-state index contributed by atoms with van der Waals surface area (Å²) in [6, 6.07) is 8.97. The van der Waals surface area contributed by atoms with Crippen LogP contribution in [0.4, 0.5) is 0 Å². The van der Waals surface area contributed by atoms with Crippen molar-refractivity contribution in [2.45, 2.75) is 18.9 Å². The number of hydrogen-bond acceptors (Lipinski definition) is 2. The third-order valence-electron chi connectivity index (χ3n) is 3.50. The predicted molar refractivity (Wildman–Crippen MR) is 64.9 cm³/mol. The summed E-state index contributed by atoms with van der Waals surface area (Å²) in [7, 11) is 1.70. The fraction of sp³-hybridized carbons (Fsp3) is 0.385. The van der Waals surface area contributed by atoms with Crippen LogP contribution in [-0.2, 0) is 6.42 Å². The highest BCUT2D eigenvalue weighted by Crippen LogP contribution is 2.34. The molecule has 1 aliphatic heterocycles. The van der Waals surface area contributed by atoms with Crippen LogP contribution in [0.25, 0.3) is 10.9 Å². The van der Waals surface area contributed by atoms with Crippen molar-refractivity contribution < 1.29 is 4.74 Å². The number of nitrogens with zero attached hydrogens (tertiary/aromatic N) is 1. The van der Waals surface area contributed by atoms with Gasteiger partial charge in [-0.1, -0.05) is 0 Å². The highest BCUT2D eigenvalue weighted by atomic mass is 16.5. The maximum atomic E-state index is 5.81. The molecule has 1 aromatic carbocycles. The molecule has 0 radical (unpaired) electrons. The molecule has 0 saturated carbocycles. The maximum absolute atomic E-state index is 5.81. The van der Waals surface area contributed by atoms with E-state index >= 15 is 0 Å². The van der Waals surface area contributed by atoms with E-state index in [1.165, 1.54) is 23.0 Å².